The molecule has 0 radical (unpaired) electrons. The van der Waals surface area contributed by atoms with Crippen LogP contribution in [0.3, 0.4) is 0 Å². The van der Waals surface area contributed by atoms with Crippen LogP contribution in [-0.4, -0.2) is 20.5 Å². The van der Waals surface area contributed by atoms with Gasteiger partial charge in [0.2, 0.25) is 11.1 Å². The van der Waals surface area contributed by atoms with E-state index in [9.17, 15) is 4.79 Å². The highest BCUT2D eigenvalue weighted by molar-refractivity contribution is 7.98. The first-order chi connectivity index (χ1) is 15.7. The second-order valence-electron chi connectivity index (χ2n) is 9.07. The molecule has 5 rings (SSSR count). The molecule has 0 saturated carbocycles. The predicted molar refractivity (Wildman–Crippen MR) is 134 cm³/mol. The van der Waals surface area contributed by atoms with Crippen LogP contribution < -0.4 is 5.32 Å². The number of carbonyl (C=O) groups excluding carboxylic acids is 1. The van der Waals surface area contributed by atoms with Crippen LogP contribution in [0, 0.1) is 5.41 Å². The van der Waals surface area contributed by atoms with Crippen molar-refractivity contribution in [2.45, 2.75) is 43.6 Å². The molecule has 1 unspecified atom stereocenters. The number of ketones is 1. The van der Waals surface area contributed by atoms with Crippen molar-refractivity contribution in [2.75, 3.05) is 5.32 Å². The average Bonchev–Trinajstić information content (AvgIpc) is 3.13. The Balaban J connectivity index is 1.56. The van der Waals surface area contributed by atoms with Gasteiger partial charge in [-0.25, -0.2) is 4.68 Å². The first-order valence-corrected chi connectivity index (χ1v) is 12.6. The lowest BCUT2D eigenvalue weighted by Gasteiger charge is -2.38. The molecular formula is C24H21Cl3N4OS. The quantitative estimate of drug-likeness (QED) is 0.370. The van der Waals surface area contributed by atoms with Crippen LogP contribution in [0.4, 0.5) is 5.95 Å². The van der Waals surface area contributed by atoms with Crippen molar-refractivity contribution < 1.29 is 4.79 Å². The van der Waals surface area contributed by atoms with Crippen LogP contribution in [0.25, 0.3) is 0 Å². The van der Waals surface area contributed by atoms with Gasteiger partial charge in [0.1, 0.15) is 6.04 Å². The molecule has 0 saturated heterocycles. The third kappa shape index (κ3) is 4.42. The number of benzene rings is 2. The number of fused-ring (bicyclic) bond motifs is 1. The van der Waals surface area contributed by atoms with Gasteiger partial charge in [-0.05, 0) is 35.6 Å². The van der Waals surface area contributed by atoms with E-state index in [-0.39, 0.29) is 11.2 Å². The summed E-state index contributed by atoms with van der Waals surface area (Å²) in [7, 11) is 0. The molecule has 5 nitrogen and oxygen atoms in total. The van der Waals surface area contributed by atoms with Crippen LogP contribution in [0.15, 0.2) is 58.9 Å². The van der Waals surface area contributed by atoms with Gasteiger partial charge < -0.3 is 5.32 Å². The van der Waals surface area contributed by atoms with E-state index in [1.807, 2.05) is 30.3 Å². The summed E-state index contributed by atoms with van der Waals surface area (Å²) in [5.74, 6) is 1.32. The van der Waals surface area contributed by atoms with Gasteiger partial charge in [0.05, 0.1) is 0 Å². The summed E-state index contributed by atoms with van der Waals surface area (Å²) < 4.78 is 1.76. The summed E-state index contributed by atoms with van der Waals surface area (Å²) >= 11 is 20.6. The predicted octanol–water partition coefficient (Wildman–Crippen LogP) is 7.19. The Labute approximate surface area is 211 Å². The minimum atomic E-state index is -0.466. The third-order valence-corrected chi connectivity index (χ3v) is 7.70. The van der Waals surface area contributed by atoms with E-state index in [4.69, 9.17) is 44.9 Å². The molecule has 1 aliphatic carbocycles. The molecule has 2 aromatic carbocycles. The highest BCUT2D eigenvalue weighted by atomic mass is 35.5. The zero-order valence-electron chi connectivity index (χ0n) is 18.0. The number of rotatable bonds is 4. The molecular weight excluding hydrogens is 499 g/mol. The zero-order valence-corrected chi connectivity index (χ0v) is 21.1. The fraction of sp³-hybridized carbons (Fsp3) is 0.292. The molecule has 9 heteroatoms. The van der Waals surface area contributed by atoms with Gasteiger partial charge in [-0.3, -0.25) is 4.79 Å². The molecule has 1 aromatic heterocycles. The Morgan fingerprint density at radius 3 is 2.67 bits per heavy atom. The number of carbonyl (C=O) groups is 1. The highest BCUT2D eigenvalue weighted by Gasteiger charge is 2.42. The number of anilines is 1. The normalized spacial score (nSPS) is 19.2. The van der Waals surface area contributed by atoms with Crippen molar-refractivity contribution in [3.8, 4) is 0 Å². The molecule has 1 N–H and O–H groups in total. The minimum absolute atomic E-state index is 0.0937. The number of halogens is 3. The lowest BCUT2D eigenvalue weighted by atomic mass is 9.73. The average molecular weight is 520 g/mol. The number of hydrogen-bond acceptors (Lipinski definition) is 5. The van der Waals surface area contributed by atoms with E-state index < -0.39 is 6.04 Å². The summed E-state index contributed by atoms with van der Waals surface area (Å²) in [6.45, 7) is 4.20. The van der Waals surface area contributed by atoms with E-state index in [1.54, 1.807) is 16.8 Å². The Kier molecular flexibility index (Phi) is 5.98. The third-order valence-electron chi connectivity index (χ3n) is 5.88. The number of hydrogen-bond donors (Lipinski definition) is 1. The Bertz CT molecular complexity index is 1300. The molecule has 0 spiro atoms. The number of aromatic nitrogens is 3. The molecule has 0 fully saturated rings. The van der Waals surface area contributed by atoms with Crippen LogP contribution >= 0.6 is 46.6 Å². The van der Waals surface area contributed by atoms with Crippen molar-refractivity contribution in [3.05, 3.63) is 79.9 Å². The van der Waals surface area contributed by atoms with Crippen molar-refractivity contribution in [1.82, 2.24) is 14.8 Å². The highest BCUT2D eigenvalue weighted by Crippen LogP contribution is 2.47. The Hall–Kier alpha value is -1.99. The van der Waals surface area contributed by atoms with Gasteiger partial charge in [-0.15, -0.1) is 5.10 Å². The number of nitrogens with one attached hydrogen (secondary N) is 1. The molecule has 0 amide bonds. The molecule has 2 heterocycles. The number of nitrogens with zero attached hydrogens (tertiary/aromatic N) is 3. The number of Topliss-reactive ketones (excluding diaryl/α,β-unsaturated/α-hetero) is 1. The maximum atomic E-state index is 13.3. The summed E-state index contributed by atoms with van der Waals surface area (Å²) in [4.78, 5) is 18.1. The second kappa shape index (κ2) is 8.66. The Morgan fingerprint density at radius 1 is 1.12 bits per heavy atom. The van der Waals surface area contributed by atoms with Gasteiger partial charge in [0, 0.05) is 44.1 Å². The molecule has 1 aliphatic heterocycles. The molecule has 1 atom stereocenters. The summed E-state index contributed by atoms with van der Waals surface area (Å²) in [6.07, 6.45) is 1.21. The topological polar surface area (TPSA) is 59.8 Å². The maximum Gasteiger partial charge on any atom is 0.227 e. The van der Waals surface area contributed by atoms with Crippen LogP contribution in [0.1, 0.15) is 43.9 Å². The van der Waals surface area contributed by atoms with Gasteiger partial charge in [0.25, 0.3) is 0 Å². The zero-order chi connectivity index (χ0) is 23.3. The fourth-order valence-electron chi connectivity index (χ4n) is 4.42. The van der Waals surface area contributed by atoms with E-state index in [1.165, 1.54) is 11.8 Å². The Morgan fingerprint density at radius 2 is 1.91 bits per heavy atom. The summed E-state index contributed by atoms with van der Waals surface area (Å²) in [5.41, 5.74) is 3.23. The first kappa shape index (κ1) is 22.8. The molecule has 0 bridgehead atoms. The monoisotopic (exact) mass is 518 g/mol. The van der Waals surface area contributed by atoms with Crippen LogP contribution in [-0.2, 0) is 10.5 Å². The fourth-order valence-corrected chi connectivity index (χ4v) is 6.05. The smallest absolute Gasteiger partial charge is 0.227 e. The van der Waals surface area contributed by atoms with Crippen molar-refractivity contribution in [2.24, 2.45) is 5.41 Å². The summed E-state index contributed by atoms with van der Waals surface area (Å²) in [6, 6.07) is 12.6. The largest absolute Gasteiger partial charge is 0.328 e. The lowest BCUT2D eigenvalue weighted by molar-refractivity contribution is -0.118. The van der Waals surface area contributed by atoms with Crippen molar-refractivity contribution in [3.63, 3.8) is 0 Å². The molecule has 170 valence electrons. The second-order valence-corrected chi connectivity index (χ2v) is 11.3. The number of thioether (sulfide) groups is 1. The maximum absolute atomic E-state index is 13.3. The summed E-state index contributed by atoms with van der Waals surface area (Å²) in [5, 5.41) is 10.5. The molecule has 2 aliphatic rings. The van der Waals surface area contributed by atoms with Crippen LogP contribution in [0.5, 0.6) is 0 Å². The van der Waals surface area contributed by atoms with Gasteiger partial charge in [-0.2, -0.15) is 4.98 Å². The van der Waals surface area contributed by atoms with E-state index in [0.717, 1.165) is 23.2 Å². The SMILES string of the molecule is CC1(C)CC(=O)C2=C(C1)Nc1nc(SCc3ccccc3Cl)nn1C2c1ccc(Cl)cc1Cl. The van der Waals surface area contributed by atoms with E-state index in [2.05, 4.69) is 19.2 Å². The molecule has 3 aromatic rings. The number of allylic oxidation sites excluding steroid dienone is 2. The van der Waals surface area contributed by atoms with Gasteiger partial charge in [0.15, 0.2) is 5.78 Å². The van der Waals surface area contributed by atoms with Crippen molar-refractivity contribution in [1.29, 1.82) is 0 Å². The lowest BCUT2D eigenvalue weighted by Crippen LogP contribution is -2.36. The van der Waals surface area contributed by atoms with Crippen molar-refractivity contribution >= 4 is 58.3 Å². The minimum Gasteiger partial charge on any atom is -0.328 e. The van der Waals surface area contributed by atoms with Gasteiger partial charge in [-0.1, -0.05) is 84.7 Å². The van der Waals surface area contributed by atoms with E-state index >= 15 is 0 Å². The molecule has 33 heavy (non-hydrogen) atoms. The first-order valence-electron chi connectivity index (χ1n) is 10.5. The van der Waals surface area contributed by atoms with Gasteiger partial charge >= 0.3 is 0 Å². The standard InChI is InChI=1S/C24H21Cl3N4OS/c1-24(2)10-18-20(19(32)11-24)21(15-8-7-14(25)9-17(15)27)31-22(28-18)29-23(30-31)33-12-13-5-3-4-6-16(13)26/h3-9,21H,10-12H2,1-2H3,(H,28,29,30). The van der Waals surface area contributed by atoms with E-state index in [0.29, 0.717) is 43.9 Å². The van der Waals surface area contributed by atoms with Crippen LogP contribution in [0.2, 0.25) is 15.1 Å².